The molecule has 2 amide bonds. The molecule has 1 heterocycles. The van der Waals surface area contributed by atoms with Crippen molar-refractivity contribution in [2.45, 2.75) is 19.1 Å². The molecule has 0 saturated carbocycles. The van der Waals surface area contributed by atoms with Crippen molar-refractivity contribution >= 4 is 11.7 Å². The highest BCUT2D eigenvalue weighted by Gasteiger charge is 2.28. The summed E-state index contributed by atoms with van der Waals surface area (Å²) in [4.78, 5) is 15.7. The third kappa shape index (κ3) is 6.35. The SMILES string of the molecule is N#Cc1cc(NC(=O)NCCCn2ccnc2)ccc1OCC(F)(F)F. The molecule has 0 aliphatic carbocycles. The van der Waals surface area contributed by atoms with E-state index >= 15 is 0 Å². The van der Waals surface area contributed by atoms with Crippen LogP contribution in [0.25, 0.3) is 0 Å². The summed E-state index contributed by atoms with van der Waals surface area (Å²) < 4.78 is 43.0. The van der Waals surface area contributed by atoms with Crippen LogP contribution in [0.15, 0.2) is 36.9 Å². The highest BCUT2D eigenvalue weighted by atomic mass is 19.4. The van der Waals surface area contributed by atoms with E-state index in [-0.39, 0.29) is 17.0 Å². The van der Waals surface area contributed by atoms with Crippen molar-refractivity contribution in [2.24, 2.45) is 0 Å². The number of ether oxygens (including phenoxy) is 1. The lowest BCUT2D eigenvalue weighted by Crippen LogP contribution is -2.30. The second-order valence-corrected chi connectivity index (χ2v) is 5.26. The van der Waals surface area contributed by atoms with Gasteiger partial charge in [0.05, 0.1) is 11.9 Å². The number of nitrogens with one attached hydrogen (secondary N) is 2. The first kappa shape index (κ1) is 19.1. The molecule has 138 valence electrons. The van der Waals surface area contributed by atoms with Crippen molar-refractivity contribution in [3.63, 3.8) is 0 Å². The van der Waals surface area contributed by atoms with Gasteiger partial charge in [-0.2, -0.15) is 18.4 Å². The van der Waals surface area contributed by atoms with E-state index in [9.17, 15) is 18.0 Å². The van der Waals surface area contributed by atoms with Crippen molar-refractivity contribution in [3.05, 3.63) is 42.5 Å². The fourth-order valence-electron chi connectivity index (χ4n) is 2.04. The first-order chi connectivity index (χ1) is 12.4. The Kier molecular flexibility index (Phi) is 6.43. The third-order valence-electron chi connectivity index (χ3n) is 3.19. The predicted molar refractivity (Wildman–Crippen MR) is 86.6 cm³/mol. The van der Waals surface area contributed by atoms with Gasteiger partial charge < -0.3 is 19.9 Å². The zero-order valence-electron chi connectivity index (χ0n) is 13.6. The number of alkyl halides is 3. The quantitative estimate of drug-likeness (QED) is 0.736. The summed E-state index contributed by atoms with van der Waals surface area (Å²) in [7, 11) is 0. The molecule has 26 heavy (non-hydrogen) atoms. The maximum atomic E-state index is 12.2. The molecular formula is C16H16F3N5O2. The highest BCUT2D eigenvalue weighted by Crippen LogP contribution is 2.24. The molecule has 0 spiro atoms. The van der Waals surface area contributed by atoms with Gasteiger partial charge in [0.15, 0.2) is 6.61 Å². The van der Waals surface area contributed by atoms with Gasteiger partial charge in [-0.1, -0.05) is 0 Å². The maximum absolute atomic E-state index is 12.2. The topological polar surface area (TPSA) is 92.0 Å². The van der Waals surface area contributed by atoms with E-state index in [4.69, 9.17) is 5.26 Å². The van der Waals surface area contributed by atoms with Crippen molar-refractivity contribution in [1.29, 1.82) is 5.26 Å². The predicted octanol–water partition coefficient (Wildman–Crippen LogP) is 2.91. The number of rotatable bonds is 7. The molecular weight excluding hydrogens is 351 g/mol. The van der Waals surface area contributed by atoms with Gasteiger partial charge in [-0.15, -0.1) is 0 Å². The summed E-state index contributed by atoms with van der Waals surface area (Å²) in [5.74, 6) is -0.198. The minimum Gasteiger partial charge on any atom is -0.483 e. The summed E-state index contributed by atoms with van der Waals surface area (Å²) in [5, 5.41) is 14.2. The van der Waals surface area contributed by atoms with Gasteiger partial charge in [0, 0.05) is 31.2 Å². The molecule has 7 nitrogen and oxygen atoms in total. The van der Waals surface area contributed by atoms with Gasteiger partial charge >= 0.3 is 12.2 Å². The smallest absolute Gasteiger partial charge is 0.422 e. The number of imidazole rings is 1. The van der Waals surface area contributed by atoms with Crippen LogP contribution in [0, 0.1) is 11.3 Å². The molecule has 2 aromatic rings. The van der Waals surface area contributed by atoms with Crippen molar-refractivity contribution < 1.29 is 22.7 Å². The second kappa shape index (κ2) is 8.75. The molecule has 1 aromatic carbocycles. The van der Waals surface area contributed by atoms with E-state index < -0.39 is 18.8 Å². The number of anilines is 1. The first-order valence-electron chi connectivity index (χ1n) is 7.61. The number of aryl methyl sites for hydroxylation is 1. The number of hydrogen-bond acceptors (Lipinski definition) is 4. The number of nitriles is 1. The zero-order valence-corrected chi connectivity index (χ0v) is 13.6. The molecule has 0 aliphatic heterocycles. The number of carbonyl (C=O) groups excluding carboxylic acids is 1. The Morgan fingerprint density at radius 1 is 1.38 bits per heavy atom. The molecule has 0 radical (unpaired) electrons. The summed E-state index contributed by atoms with van der Waals surface area (Å²) in [6.07, 6.45) is 1.34. The standard InChI is InChI=1S/C16H16F3N5O2/c17-16(18,19)10-26-14-3-2-13(8-12(14)9-20)23-15(25)22-4-1-6-24-7-5-21-11-24/h2-3,5,7-8,11H,1,4,6,10H2,(H2,22,23,25). The van der Waals surface area contributed by atoms with Crippen molar-refractivity contribution in [1.82, 2.24) is 14.9 Å². The minimum absolute atomic E-state index is 0.104. The van der Waals surface area contributed by atoms with Crippen LogP contribution < -0.4 is 15.4 Å². The van der Waals surface area contributed by atoms with Crippen molar-refractivity contribution in [3.8, 4) is 11.8 Å². The van der Waals surface area contributed by atoms with Gasteiger partial charge in [-0.05, 0) is 24.6 Å². The fraction of sp³-hybridized carbons (Fsp3) is 0.312. The van der Waals surface area contributed by atoms with Gasteiger partial charge in [-0.3, -0.25) is 0 Å². The average molecular weight is 367 g/mol. The van der Waals surface area contributed by atoms with Crippen LogP contribution in [0.4, 0.5) is 23.7 Å². The van der Waals surface area contributed by atoms with E-state index in [1.807, 2.05) is 10.8 Å². The Morgan fingerprint density at radius 3 is 2.85 bits per heavy atom. The molecule has 0 unspecified atom stereocenters. The summed E-state index contributed by atoms with van der Waals surface area (Å²) in [6, 6.07) is 5.07. The van der Waals surface area contributed by atoms with Crippen LogP contribution in [0.5, 0.6) is 5.75 Å². The van der Waals surface area contributed by atoms with E-state index in [2.05, 4.69) is 20.4 Å². The second-order valence-electron chi connectivity index (χ2n) is 5.26. The van der Waals surface area contributed by atoms with Crippen LogP contribution in [-0.4, -0.2) is 34.9 Å². The molecule has 0 atom stereocenters. The molecule has 0 fully saturated rings. The van der Waals surface area contributed by atoms with E-state index in [0.717, 1.165) is 0 Å². The monoisotopic (exact) mass is 367 g/mol. The average Bonchev–Trinajstić information content (AvgIpc) is 3.10. The molecule has 0 saturated heterocycles. The van der Waals surface area contributed by atoms with Gasteiger partial charge in [-0.25, -0.2) is 9.78 Å². The van der Waals surface area contributed by atoms with Crippen LogP contribution in [0.3, 0.4) is 0 Å². The Morgan fingerprint density at radius 2 is 2.19 bits per heavy atom. The van der Waals surface area contributed by atoms with Crippen LogP contribution in [0.2, 0.25) is 0 Å². The number of halogens is 3. The number of nitrogens with zero attached hydrogens (tertiary/aromatic N) is 3. The normalized spacial score (nSPS) is 10.8. The number of amides is 2. The largest absolute Gasteiger partial charge is 0.483 e. The zero-order chi connectivity index (χ0) is 19.0. The van der Waals surface area contributed by atoms with Crippen LogP contribution in [-0.2, 0) is 6.54 Å². The Hall–Kier alpha value is -3.22. The van der Waals surface area contributed by atoms with Crippen molar-refractivity contribution in [2.75, 3.05) is 18.5 Å². The van der Waals surface area contributed by atoms with E-state index in [1.54, 1.807) is 18.6 Å². The summed E-state index contributed by atoms with van der Waals surface area (Å²) >= 11 is 0. The van der Waals surface area contributed by atoms with E-state index in [0.29, 0.717) is 19.5 Å². The maximum Gasteiger partial charge on any atom is 0.422 e. The summed E-state index contributed by atoms with van der Waals surface area (Å²) in [5.41, 5.74) is 0.167. The lowest BCUT2D eigenvalue weighted by molar-refractivity contribution is -0.153. The molecule has 10 heteroatoms. The molecule has 0 aliphatic rings. The van der Waals surface area contributed by atoms with Crippen LogP contribution in [0.1, 0.15) is 12.0 Å². The Bertz CT molecular complexity index is 769. The lowest BCUT2D eigenvalue weighted by atomic mass is 10.2. The van der Waals surface area contributed by atoms with Gasteiger partial charge in [0.1, 0.15) is 11.8 Å². The Labute approximate surface area is 147 Å². The number of aromatic nitrogens is 2. The van der Waals surface area contributed by atoms with Gasteiger partial charge in [0.25, 0.3) is 0 Å². The fourth-order valence-corrected chi connectivity index (χ4v) is 2.04. The number of benzene rings is 1. The molecule has 1 aromatic heterocycles. The Balaban J connectivity index is 1.82. The summed E-state index contributed by atoms with van der Waals surface area (Å²) in [6.45, 7) is -0.377. The molecule has 2 N–H and O–H groups in total. The number of urea groups is 1. The third-order valence-corrected chi connectivity index (χ3v) is 3.19. The molecule has 0 bridgehead atoms. The van der Waals surface area contributed by atoms with Crippen LogP contribution >= 0.6 is 0 Å². The first-order valence-corrected chi connectivity index (χ1v) is 7.61. The number of carbonyl (C=O) groups is 1. The number of hydrogen-bond donors (Lipinski definition) is 2. The minimum atomic E-state index is -4.50. The lowest BCUT2D eigenvalue weighted by Gasteiger charge is -2.12. The molecule has 2 rings (SSSR count). The highest BCUT2D eigenvalue weighted by molar-refractivity contribution is 5.89. The van der Waals surface area contributed by atoms with Gasteiger partial charge in [0.2, 0.25) is 0 Å². The van der Waals surface area contributed by atoms with E-state index in [1.165, 1.54) is 18.2 Å².